The second kappa shape index (κ2) is 44.2. The molecule has 0 aliphatic rings. The number of carboxylic acids is 3. The molecule has 37 nitrogen and oxygen atoms in total. The number of aromatic amines is 2. The number of aromatic nitrogens is 2. The Labute approximate surface area is 649 Å². The van der Waals surface area contributed by atoms with E-state index in [9.17, 15) is 92.3 Å². The van der Waals surface area contributed by atoms with Gasteiger partial charge in [-0.2, -0.15) is 25.3 Å². The Kier molecular flexibility index (Phi) is 35.9. The monoisotopic (exact) mass is 1580 g/mol. The van der Waals surface area contributed by atoms with Gasteiger partial charge in [0.2, 0.25) is 70.9 Å². The van der Waals surface area contributed by atoms with E-state index >= 15 is 0 Å². The van der Waals surface area contributed by atoms with Gasteiger partial charge < -0.3 is 111 Å². The largest absolute Gasteiger partial charge is 0.508 e. The molecule has 0 saturated carbocycles. The van der Waals surface area contributed by atoms with Crippen molar-refractivity contribution in [3.63, 3.8) is 0 Å². The van der Waals surface area contributed by atoms with E-state index in [-0.39, 0.29) is 56.1 Å². The first-order valence-electron chi connectivity index (χ1n) is 35.7. The lowest BCUT2D eigenvalue weighted by Crippen LogP contribution is -2.61. The molecule has 24 N–H and O–H groups in total. The molecule has 0 fully saturated rings. The first-order valence-corrected chi connectivity index (χ1v) is 37.0. The van der Waals surface area contributed by atoms with Crippen LogP contribution in [-0.2, 0) is 91.2 Å². The van der Waals surface area contributed by atoms with E-state index in [0.717, 1.165) is 0 Å². The highest BCUT2D eigenvalue weighted by Crippen LogP contribution is 2.22. The molecule has 0 radical (unpaired) electrons. The fourth-order valence-corrected chi connectivity index (χ4v) is 12.0. The summed E-state index contributed by atoms with van der Waals surface area (Å²) in [6, 6.07) is 3.81. The van der Waals surface area contributed by atoms with Gasteiger partial charge >= 0.3 is 17.9 Å². The Balaban J connectivity index is 1.27. The van der Waals surface area contributed by atoms with Crippen molar-refractivity contribution in [3.05, 3.63) is 102 Å². The first-order chi connectivity index (χ1) is 52.5. The SMILES string of the molecule is CC[C@H](C)[C@H](NC(=O)[C@H](CCC(=O)O)NC(=O)[C@H](CS)NC(=O)[C@@H](NC(=O)CNC(=O)[C@H](Cc1c[nH]c2ccccc12)NC(=O)[C@@H](NC(=O)CNC(=O)[C@H](CS)NC(=O)[C@H](Cc1c[nH]c2ccccc12)NC(=O)[C@H](Cc1ccc(O)cc1)NC(=O)[C@@H](N)CCCNC(=N)N)C(C)C)C(C)C)C(=O)N[C@@H](CC(=O)O)C(=O)O. The van der Waals surface area contributed by atoms with E-state index in [4.69, 9.17) is 16.9 Å². The summed E-state index contributed by atoms with van der Waals surface area (Å²) in [4.78, 5) is 209. The van der Waals surface area contributed by atoms with Crippen LogP contribution in [0, 0.1) is 23.2 Å². The average Bonchev–Trinajstić information content (AvgIpc) is 1.71. The first kappa shape index (κ1) is 90.1. The van der Waals surface area contributed by atoms with Gasteiger partial charge in [0, 0.05) is 77.9 Å². The molecule has 0 bridgehead atoms. The Morgan fingerprint density at radius 2 is 0.883 bits per heavy atom. The maximum absolute atomic E-state index is 14.5. The number of para-hydroxylation sites is 2. The molecule has 0 aliphatic carbocycles. The van der Waals surface area contributed by atoms with Crippen molar-refractivity contribution in [2.24, 2.45) is 29.2 Å². The number of thiol groups is 2. The standard InChI is InChI=1S/C72H100N18O19S2/c1-7-37(6)60(70(107)85-51(71(108)109)28-57(96)97)90-64(101)47(22-23-56(94)95)81-67(104)53(34-111)87-69(106)59(36(4)5)89-54(92)31-79-62(99)49(26-39-29-77-45-16-10-8-13-42(39)45)84-68(105)58(35(2)3)88-55(93)32-80-63(100)52(33-110)86-66(103)50(27-40-30-78-46-17-11-9-14-43(40)46)83-65(102)48(25-38-18-20-41(91)21-19-38)82-61(98)44(73)15-12-24-76-72(74)75/h8-11,13-14,16-21,29-30,35-37,44,47-53,58-60,77-78,91,110-111H,7,12,15,22-28,31-34,73H2,1-6H3,(H,79,99)(H,80,100)(H,81,104)(H,82,98)(H,83,102)(H,84,105)(H,85,107)(H,86,103)(H,87,106)(H,88,93)(H,89,92)(H,90,101)(H,94,95)(H,96,97)(H,108,109)(H4,74,75,76)/t37-,44-,47-,48-,49-,50-,51-,52-,53-,58-,59-,60-/m0/s1. The molecule has 0 aliphatic heterocycles. The van der Waals surface area contributed by atoms with Gasteiger partial charge in [0.1, 0.15) is 66.2 Å². The van der Waals surface area contributed by atoms with Gasteiger partial charge in [-0.25, -0.2) is 4.79 Å². The number of hydrogen-bond acceptors (Lipinski definition) is 20. The van der Waals surface area contributed by atoms with Crippen LogP contribution in [-0.4, -0.2) is 223 Å². The number of aromatic hydroxyl groups is 1. The zero-order valence-electron chi connectivity index (χ0n) is 62.0. The van der Waals surface area contributed by atoms with Gasteiger partial charge in [0.25, 0.3) is 0 Å². The van der Waals surface area contributed by atoms with Crippen LogP contribution in [0.4, 0.5) is 0 Å². The fourth-order valence-electron chi connectivity index (χ4n) is 11.4. The molecule has 2 heterocycles. The number of nitrogens with two attached hydrogens (primary N) is 2. The molecule has 5 rings (SSSR count). The van der Waals surface area contributed by atoms with E-state index in [1.54, 1.807) is 95.5 Å². The Morgan fingerprint density at radius 1 is 0.468 bits per heavy atom. The number of hydrogen-bond donors (Lipinski definition) is 24. The fraction of sp³-hybridized carbons (Fsp3) is 0.472. The number of carbonyl (C=O) groups excluding carboxylic acids is 12. The molecule has 12 amide bonds. The van der Waals surface area contributed by atoms with E-state index in [0.29, 0.717) is 44.9 Å². The Morgan fingerprint density at radius 3 is 1.36 bits per heavy atom. The minimum Gasteiger partial charge on any atom is -0.508 e. The van der Waals surface area contributed by atoms with E-state index in [1.165, 1.54) is 31.2 Å². The second-order valence-electron chi connectivity index (χ2n) is 27.1. The number of phenolic OH excluding ortho intramolecular Hbond substituents is 1. The van der Waals surface area contributed by atoms with Gasteiger partial charge in [0.15, 0.2) is 5.96 Å². The maximum atomic E-state index is 14.5. The summed E-state index contributed by atoms with van der Waals surface area (Å²) < 4.78 is 0. The molecular formula is C72H100N18O19S2. The third-order valence-electron chi connectivity index (χ3n) is 17.9. The molecule has 39 heteroatoms. The molecular weight excluding hydrogens is 1490 g/mol. The molecule has 5 aromatic rings. The molecule has 0 saturated heterocycles. The van der Waals surface area contributed by atoms with Crippen LogP contribution < -0.4 is 80.6 Å². The van der Waals surface area contributed by atoms with Gasteiger partial charge in [-0.05, 0) is 78.0 Å². The number of carbonyl (C=O) groups is 15. The number of phenols is 1. The number of aliphatic carboxylic acids is 3. The topological polar surface area (TPSA) is 601 Å². The van der Waals surface area contributed by atoms with Crippen LogP contribution in [0.5, 0.6) is 5.75 Å². The van der Waals surface area contributed by atoms with Gasteiger partial charge in [-0.3, -0.25) is 72.5 Å². The molecule has 12 atom stereocenters. The zero-order chi connectivity index (χ0) is 82.3. The predicted octanol–water partition coefficient (Wildman–Crippen LogP) is -2.30. The Hall–Kier alpha value is -11.5. The number of carboxylic acid groups (broad SMARTS) is 3. The zero-order valence-corrected chi connectivity index (χ0v) is 63.8. The molecule has 111 heavy (non-hydrogen) atoms. The van der Waals surface area contributed by atoms with Crippen molar-refractivity contribution in [3.8, 4) is 5.75 Å². The van der Waals surface area contributed by atoms with Crippen molar-refractivity contribution in [1.82, 2.24) is 79.1 Å². The van der Waals surface area contributed by atoms with E-state index in [2.05, 4.69) is 104 Å². The summed E-state index contributed by atoms with van der Waals surface area (Å²) in [7, 11) is 0. The number of fused-ring (bicyclic) bond motifs is 2. The van der Waals surface area contributed by atoms with Crippen LogP contribution in [0.3, 0.4) is 0 Å². The van der Waals surface area contributed by atoms with Crippen LogP contribution in [0.2, 0.25) is 0 Å². The molecule has 0 spiro atoms. The summed E-state index contributed by atoms with van der Waals surface area (Å²) in [5.41, 5.74) is 14.6. The van der Waals surface area contributed by atoms with Gasteiger partial charge in [-0.15, -0.1) is 0 Å². The molecule has 604 valence electrons. The molecule has 0 unspecified atom stereocenters. The molecule has 2 aromatic heterocycles. The van der Waals surface area contributed by atoms with Gasteiger partial charge in [-0.1, -0.05) is 96.5 Å². The Bertz CT molecular complexity index is 4140. The van der Waals surface area contributed by atoms with Crippen molar-refractivity contribution < 1.29 is 92.3 Å². The lowest BCUT2D eigenvalue weighted by molar-refractivity contribution is -0.147. The third kappa shape index (κ3) is 28.8. The highest BCUT2D eigenvalue weighted by molar-refractivity contribution is 7.80. The quantitative estimate of drug-likeness (QED) is 0.00843. The number of H-pyrrole nitrogens is 2. The van der Waals surface area contributed by atoms with E-state index in [1.807, 2.05) is 0 Å². The van der Waals surface area contributed by atoms with Crippen LogP contribution in [0.1, 0.15) is 96.8 Å². The highest BCUT2D eigenvalue weighted by atomic mass is 32.1. The predicted molar refractivity (Wildman–Crippen MR) is 412 cm³/mol. The van der Waals surface area contributed by atoms with Gasteiger partial charge in [0.05, 0.1) is 25.6 Å². The summed E-state index contributed by atoms with van der Waals surface area (Å²) >= 11 is 8.53. The normalized spacial score (nSPS) is 14.4. The minimum absolute atomic E-state index is 0.0610. The summed E-state index contributed by atoms with van der Waals surface area (Å²) in [5.74, 6) is -18.9. The lowest BCUT2D eigenvalue weighted by atomic mass is 9.97. The van der Waals surface area contributed by atoms with Crippen LogP contribution in [0.15, 0.2) is 85.2 Å². The average molecular weight is 1590 g/mol. The van der Waals surface area contributed by atoms with Crippen LogP contribution >= 0.6 is 25.3 Å². The number of rotatable bonds is 46. The number of nitrogens with one attached hydrogen (secondary N) is 16. The summed E-state index contributed by atoms with van der Waals surface area (Å²) in [6.07, 6.45) is 1.24. The van der Waals surface area contributed by atoms with Crippen molar-refractivity contribution >= 4 is 142 Å². The van der Waals surface area contributed by atoms with Crippen molar-refractivity contribution in [1.29, 1.82) is 5.41 Å². The number of guanidine groups is 1. The lowest BCUT2D eigenvalue weighted by Gasteiger charge is -2.28. The number of amides is 12. The minimum atomic E-state index is -1.89. The van der Waals surface area contributed by atoms with Crippen molar-refractivity contribution in [2.45, 2.75) is 166 Å². The molecule has 3 aromatic carbocycles. The maximum Gasteiger partial charge on any atom is 0.326 e. The smallest absolute Gasteiger partial charge is 0.326 e. The summed E-state index contributed by atoms with van der Waals surface area (Å²) in [5, 5.41) is 79.6. The number of benzene rings is 3. The van der Waals surface area contributed by atoms with Crippen molar-refractivity contribution in [2.75, 3.05) is 31.1 Å². The highest BCUT2D eigenvalue weighted by Gasteiger charge is 2.38. The summed E-state index contributed by atoms with van der Waals surface area (Å²) in [6.45, 7) is 8.10. The van der Waals surface area contributed by atoms with E-state index < -0.39 is 211 Å². The third-order valence-corrected chi connectivity index (χ3v) is 18.6. The second-order valence-corrected chi connectivity index (χ2v) is 27.9. The van der Waals surface area contributed by atoms with Crippen LogP contribution in [0.25, 0.3) is 21.8 Å².